The lowest BCUT2D eigenvalue weighted by molar-refractivity contribution is -0.383. The fraction of sp³-hybridized carbons (Fsp3) is 0.429. The standard InChI is InChI=1S/C14H17N3O5/c1-8-4-5-16(12(6-8)14(19)20)13(18)9-2-3-10(15)11(7-9)17(21)22/h2-3,7-8,12H,4-6,15H2,1H3,(H,19,20). The number of rotatable bonds is 3. The molecule has 22 heavy (non-hydrogen) atoms. The van der Waals surface area contributed by atoms with Crippen molar-refractivity contribution in [3.8, 4) is 0 Å². The van der Waals surface area contributed by atoms with Gasteiger partial charge in [0.2, 0.25) is 0 Å². The first kappa shape index (κ1) is 15.7. The van der Waals surface area contributed by atoms with E-state index in [2.05, 4.69) is 0 Å². The van der Waals surface area contributed by atoms with Gasteiger partial charge >= 0.3 is 5.97 Å². The second-order valence-corrected chi connectivity index (χ2v) is 5.51. The molecular weight excluding hydrogens is 290 g/mol. The quantitative estimate of drug-likeness (QED) is 0.495. The van der Waals surface area contributed by atoms with E-state index in [0.717, 1.165) is 6.07 Å². The van der Waals surface area contributed by atoms with E-state index in [1.54, 1.807) is 0 Å². The van der Waals surface area contributed by atoms with Gasteiger partial charge < -0.3 is 15.7 Å². The van der Waals surface area contributed by atoms with Crippen molar-refractivity contribution < 1.29 is 19.6 Å². The SMILES string of the molecule is CC1CCN(C(=O)c2ccc(N)c([N+](=O)[O-])c2)C(C(=O)O)C1. The number of nitrogen functional groups attached to an aromatic ring is 1. The molecule has 2 unspecified atom stereocenters. The molecule has 1 saturated heterocycles. The van der Waals surface area contributed by atoms with Gasteiger partial charge in [0.1, 0.15) is 11.7 Å². The van der Waals surface area contributed by atoms with Crippen molar-refractivity contribution in [3.63, 3.8) is 0 Å². The van der Waals surface area contributed by atoms with Gasteiger partial charge in [0.05, 0.1) is 4.92 Å². The summed E-state index contributed by atoms with van der Waals surface area (Å²) in [5.41, 5.74) is 5.18. The summed E-state index contributed by atoms with van der Waals surface area (Å²) in [6.45, 7) is 2.25. The second kappa shape index (κ2) is 6.00. The number of carbonyl (C=O) groups excluding carboxylic acids is 1. The van der Waals surface area contributed by atoms with Crippen molar-refractivity contribution in [3.05, 3.63) is 33.9 Å². The van der Waals surface area contributed by atoms with E-state index < -0.39 is 22.8 Å². The van der Waals surface area contributed by atoms with Gasteiger partial charge in [-0.2, -0.15) is 0 Å². The highest BCUT2D eigenvalue weighted by Crippen LogP contribution is 2.27. The Hall–Kier alpha value is -2.64. The Balaban J connectivity index is 2.32. The number of nitro groups is 1. The first-order chi connectivity index (χ1) is 10.3. The van der Waals surface area contributed by atoms with Crippen LogP contribution >= 0.6 is 0 Å². The van der Waals surface area contributed by atoms with E-state index in [1.807, 2.05) is 6.92 Å². The molecular formula is C14H17N3O5. The van der Waals surface area contributed by atoms with Crippen LogP contribution in [0.5, 0.6) is 0 Å². The Kier molecular flexibility index (Phi) is 4.30. The van der Waals surface area contributed by atoms with Crippen LogP contribution in [0.15, 0.2) is 18.2 Å². The third kappa shape index (κ3) is 3.00. The number of piperidine rings is 1. The first-order valence-electron chi connectivity index (χ1n) is 6.89. The van der Waals surface area contributed by atoms with Gasteiger partial charge in [0.25, 0.3) is 11.6 Å². The van der Waals surface area contributed by atoms with Crippen molar-refractivity contribution in [2.45, 2.75) is 25.8 Å². The Labute approximate surface area is 126 Å². The van der Waals surface area contributed by atoms with Gasteiger partial charge in [0, 0.05) is 18.2 Å². The van der Waals surface area contributed by atoms with Crippen LogP contribution in [-0.4, -0.2) is 39.4 Å². The molecule has 3 N–H and O–H groups in total. The number of benzene rings is 1. The van der Waals surface area contributed by atoms with Gasteiger partial charge in [-0.25, -0.2) is 4.79 Å². The summed E-state index contributed by atoms with van der Waals surface area (Å²) in [6, 6.07) is 2.84. The topological polar surface area (TPSA) is 127 Å². The van der Waals surface area contributed by atoms with Crippen LogP contribution in [0.1, 0.15) is 30.1 Å². The molecule has 0 saturated carbocycles. The predicted molar refractivity (Wildman–Crippen MR) is 78.4 cm³/mol. The van der Waals surface area contributed by atoms with Crippen molar-refractivity contribution in [1.82, 2.24) is 4.90 Å². The predicted octanol–water partition coefficient (Wildman–Crippen LogP) is 1.50. The number of carbonyl (C=O) groups is 2. The van der Waals surface area contributed by atoms with Crippen LogP contribution in [0.25, 0.3) is 0 Å². The average Bonchev–Trinajstić information content (AvgIpc) is 2.46. The van der Waals surface area contributed by atoms with E-state index in [4.69, 9.17) is 5.73 Å². The summed E-state index contributed by atoms with van der Waals surface area (Å²) in [4.78, 5) is 35.3. The summed E-state index contributed by atoms with van der Waals surface area (Å²) >= 11 is 0. The lowest BCUT2D eigenvalue weighted by atomic mass is 9.92. The molecule has 0 aliphatic carbocycles. The number of nitro benzene ring substituents is 1. The molecule has 0 aromatic heterocycles. The maximum Gasteiger partial charge on any atom is 0.326 e. The molecule has 118 valence electrons. The number of anilines is 1. The van der Waals surface area contributed by atoms with Gasteiger partial charge in [-0.1, -0.05) is 6.92 Å². The minimum absolute atomic E-state index is 0.0383. The molecule has 1 fully saturated rings. The number of nitrogens with zero attached hydrogens (tertiary/aromatic N) is 2. The Morgan fingerprint density at radius 2 is 2.14 bits per heavy atom. The molecule has 8 nitrogen and oxygen atoms in total. The number of carboxylic acids is 1. The largest absolute Gasteiger partial charge is 0.480 e. The Bertz CT molecular complexity index is 631. The van der Waals surface area contributed by atoms with E-state index in [-0.39, 0.29) is 22.9 Å². The lowest BCUT2D eigenvalue weighted by Gasteiger charge is -2.36. The molecule has 1 heterocycles. The van der Waals surface area contributed by atoms with Crippen LogP contribution < -0.4 is 5.73 Å². The zero-order valence-electron chi connectivity index (χ0n) is 12.1. The Morgan fingerprint density at radius 3 is 2.73 bits per heavy atom. The van der Waals surface area contributed by atoms with E-state index in [9.17, 15) is 24.8 Å². The van der Waals surface area contributed by atoms with Crippen molar-refractivity contribution >= 4 is 23.3 Å². The van der Waals surface area contributed by atoms with Crippen LogP contribution in [0, 0.1) is 16.0 Å². The number of hydrogen-bond donors (Lipinski definition) is 2. The second-order valence-electron chi connectivity index (χ2n) is 5.51. The molecule has 1 aromatic carbocycles. The number of amides is 1. The molecule has 8 heteroatoms. The molecule has 2 rings (SSSR count). The molecule has 0 spiro atoms. The van der Waals surface area contributed by atoms with E-state index in [0.29, 0.717) is 19.4 Å². The highest BCUT2D eigenvalue weighted by molar-refractivity contribution is 5.98. The Morgan fingerprint density at radius 1 is 1.45 bits per heavy atom. The number of likely N-dealkylation sites (tertiary alicyclic amines) is 1. The normalized spacial score (nSPS) is 21.4. The lowest BCUT2D eigenvalue weighted by Crippen LogP contribution is -2.49. The van der Waals surface area contributed by atoms with Gasteiger partial charge in [0.15, 0.2) is 0 Å². The highest BCUT2D eigenvalue weighted by Gasteiger charge is 2.35. The maximum atomic E-state index is 12.5. The van der Waals surface area contributed by atoms with Gasteiger partial charge in [-0.3, -0.25) is 14.9 Å². The summed E-state index contributed by atoms with van der Waals surface area (Å²) in [5.74, 6) is -1.38. The minimum atomic E-state index is -1.06. The van der Waals surface area contributed by atoms with E-state index >= 15 is 0 Å². The van der Waals surface area contributed by atoms with Crippen LogP contribution in [0.4, 0.5) is 11.4 Å². The molecule has 2 atom stereocenters. The maximum absolute atomic E-state index is 12.5. The fourth-order valence-corrected chi connectivity index (χ4v) is 2.62. The number of nitrogens with two attached hydrogens (primary N) is 1. The third-order valence-electron chi connectivity index (χ3n) is 3.88. The van der Waals surface area contributed by atoms with Crippen molar-refractivity contribution in [2.24, 2.45) is 5.92 Å². The smallest absolute Gasteiger partial charge is 0.326 e. The zero-order valence-corrected chi connectivity index (χ0v) is 12.1. The van der Waals surface area contributed by atoms with Gasteiger partial charge in [-0.05, 0) is 30.9 Å². The fourth-order valence-electron chi connectivity index (χ4n) is 2.62. The summed E-state index contributed by atoms with van der Waals surface area (Å²) < 4.78 is 0. The monoisotopic (exact) mass is 307 g/mol. The number of aliphatic carboxylic acids is 1. The first-order valence-corrected chi connectivity index (χ1v) is 6.89. The molecule has 1 aromatic rings. The van der Waals surface area contributed by atoms with Crippen LogP contribution in [0.2, 0.25) is 0 Å². The summed E-state index contributed by atoms with van der Waals surface area (Å²) in [7, 11) is 0. The highest BCUT2D eigenvalue weighted by atomic mass is 16.6. The summed E-state index contributed by atoms with van der Waals surface area (Å²) in [6.07, 6.45) is 1.07. The molecule has 0 bridgehead atoms. The van der Waals surface area contributed by atoms with Crippen molar-refractivity contribution in [1.29, 1.82) is 0 Å². The third-order valence-corrected chi connectivity index (χ3v) is 3.88. The van der Waals surface area contributed by atoms with Gasteiger partial charge in [-0.15, -0.1) is 0 Å². The molecule has 1 aliphatic rings. The van der Waals surface area contributed by atoms with E-state index in [1.165, 1.54) is 17.0 Å². The zero-order chi connectivity index (χ0) is 16.4. The van der Waals surface area contributed by atoms with Crippen molar-refractivity contribution in [2.75, 3.05) is 12.3 Å². The molecule has 0 radical (unpaired) electrons. The minimum Gasteiger partial charge on any atom is -0.480 e. The number of carboxylic acid groups (broad SMARTS) is 1. The average molecular weight is 307 g/mol. The number of hydrogen-bond acceptors (Lipinski definition) is 5. The summed E-state index contributed by atoms with van der Waals surface area (Å²) in [5, 5.41) is 20.2. The molecule has 1 aliphatic heterocycles. The van der Waals surface area contributed by atoms with Crippen LogP contribution in [0.3, 0.4) is 0 Å². The molecule has 1 amide bonds. The van der Waals surface area contributed by atoms with Crippen LogP contribution in [-0.2, 0) is 4.79 Å².